The average Bonchev–Trinajstić information content (AvgIpc) is 3.12. The van der Waals surface area contributed by atoms with Gasteiger partial charge in [0.2, 0.25) is 0 Å². The third-order valence-corrected chi connectivity index (χ3v) is 6.75. The first-order valence-corrected chi connectivity index (χ1v) is 11.7. The van der Waals surface area contributed by atoms with E-state index >= 15 is 0 Å². The van der Waals surface area contributed by atoms with Gasteiger partial charge in [-0.05, 0) is 56.2 Å². The van der Waals surface area contributed by atoms with Gasteiger partial charge in [-0.25, -0.2) is 4.99 Å². The first kappa shape index (κ1) is 21.8. The molecule has 0 amide bonds. The van der Waals surface area contributed by atoms with E-state index in [2.05, 4.69) is 65.8 Å². The van der Waals surface area contributed by atoms with Gasteiger partial charge in [0.05, 0.1) is 6.54 Å². The number of fused-ring (bicyclic) bond motifs is 1. The van der Waals surface area contributed by atoms with E-state index in [1.165, 1.54) is 11.1 Å². The Morgan fingerprint density at radius 1 is 1.16 bits per heavy atom. The van der Waals surface area contributed by atoms with Crippen molar-refractivity contribution in [2.75, 3.05) is 19.6 Å². The number of aryl methyl sites for hydroxylation is 1. The van der Waals surface area contributed by atoms with Crippen LogP contribution in [-0.4, -0.2) is 47.7 Å². The van der Waals surface area contributed by atoms with Crippen LogP contribution in [-0.2, 0) is 18.6 Å². The monoisotopic (exact) mass is 420 g/mol. The van der Waals surface area contributed by atoms with Gasteiger partial charge in [0.15, 0.2) is 5.96 Å². The highest BCUT2D eigenvalue weighted by molar-refractivity contribution is 5.80. The summed E-state index contributed by atoms with van der Waals surface area (Å²) in [6.45, 7) is 7.69. The molecular formula is C26H36N4O. The van der Waals surface area contributed by atoms with Crippen LogP contribution >= 0.6 is 0 Å². The Hall–Kier alpha value is -2.37. The van der Waals surface area contributed by atoms with Crippen molar-refractivity contribution in [3.8, 4) is 0 Å². The Morgan fingerprint density at radius 3 is 2.71 bits per heavy atom. The number of nitrogens with one attached hydrogen (secondary N) is 2. The van der Waals surface area contributed by atoms with Gasteiger partial charge in [-0.1, -0.05) is 54.6 Å². The highest BCUT2D eigenvalue weighted by Gasteiger charge is 2.36. The third kappa shape index (κ3) is 5.28. The molecule has 0 bridgehead atoms. The van der Waals surface area contributed by atoms with Crippen molar-refractivity contribution < 1.29 is 5.11 Å². The molecular weight excluding hydrogens is 384 g/mol. The number of aliphatic hydroxyl groups is 1. The Balaban J connectivity index is 1.35. The number of aliphatic imine (C=N–C) groups is 1. The maximum absolute atomic E-state index is 11.2. The van der Waals surface area contributed by atoms with Gasteiger partial charge in [-0.3, -0.25) is 4.90 Å². The zero-order valence-electron chi connectivity index (χ0n) is 18.8. The largest absolute Gasteiger partial charge is 0.383 e. The van der Waals surface area contributed by atoms with Crippen LogP contribution in [0, 0.1) is 0 Å². The number of nitrogens with zero attached hydrogens (tertiary/aromatic N) is 2. The predicted octanol–water partition coefficient (Wildman–Crippen LogP) is 3.43. The molecule has 3 atom stereocenters. The highest BCUT2D eigenvalue weighted by Crippen LogP contribution is 2.36. The fourth-order valence-electron chi connectivity index (χ4n) is 4.96. The third-order valence-electron chi connectivity index (χ3n) is 6.75. The number of likely N-dealkylation sites (tertiary alicyclic amines) is 1. The molecule has 5 nitrogen and oxygen atoms in total. The van der Waals surface area contributed by atoms with Gasteiger partial charge < -0.3 is 15.7 Å². The van der Waals surface area contributed by atoms with Gasteiger partial charge >= 0.3 is 0 Å². The second-order valence-electron chi connectivity index (χ2n) is 9.05. The van der Waals surface area contributed by atoms with Gasteiger partial charge in [-0.2, -0.15) is 0 Å². The van der Waals surface area contributed by atoms with Crippen molar-refractivity contribution in [1.82, 2.24) is 15.5 Å². The number of rotatable bonds is 6. The number of hydrogen-bond acceptors (Lipinski definition) is 3. The fourth-order valence-corrected chi connectivity index (χ4v) is 4.96. The molecule has 3 N–H and O–H groups in total. The van der Waals surface area contributed by atoms with Crippen LogP contribution in [0.2, 0.25) is 0 Å². The van der Waals surface area contributed by atoms with Crippen LogP contribution < -0.4 is 10.6 Å². The molecule has 3 unspecified atom stereocenters. The maximum Gasteiger partial charge on any atom is 0.191 e. The first-order valence-electron chi connectivity index (χ1n) is 11.7. The summed E-state index contributed by atoms with van der Waals surface area (Å²) >= 11 is 0. The molecule has 5 heteroatoms. The zero-order valence-corrected chi connectivity index (χ0v) is 18.8. The molecule has 0 radical (unpaired) electrons. The number of piperidine rings is 1. The molecule has 1 aliphatic heterocycles. The van der Waals surface area contributed by atoms with E-state index in [9.17, 15) is 5.11 Å². The minimum absolute atomic E-state index is 0.391. The Labute approximate surface area is 186 Å². The molecule has 166 valence electrons. The quantitative estimate of drug-likeness (QED) is 0.495. The minimum atomic E-state index is -0.856. The number of benzene rings is 2. The van der Waals surface area contributed by atoms with Crippen LogP contribution in [0.25, 0.3) is 0 Å². The van der Waals surface area contributed by atoms with Crippen LogP contribution in [0.5, 0.6) is 0 Å². The van der Waals surface area contributed by atoms with E-state index in [-0.39, 0.29) is 0 Å². The Morgan fingerprint density at radius 2 is 1.94 bits per heavy atom. The van der Waals surface area contributed by atoms with Crippen molar-refractivity contribution >= 4 is 5.96 Å². The summed E-state index contributed by atoms with van der Waals surface area (Å²) in [7, 11) is 0. The van der Waals surface area contributed by atoms with E-state index in [0.717, 1.165) is 56.8 Å². The first-order chi connectivity index (χ1) is 15.1. The summed E-state index contributed by atoms with van der Waals surface area (Å²) in [6.07, 6.45) is 3.84. The van der Waals surface area contributed by atoms with E-state index in [4.69, 9.17) is 4.99 Å². The Kier molecular flexibility index (Phi) is 6.93. The molecule has 1 heterocycles. The van der Waals surface area contributed by atoms with Crippen molar-refractivity contribution in [2.24, 2.45) is 4.99 Å². The average molecular weight is 421 g/mol. The molecule has 0 spiro atoms. The molecule has 1 aliphatic carbocycles. The molecule has 1 fully saturated rings. The van der Waals surface area contributed by atoms with Crippen molar-refractivity contribution in [2.45, 2.75) is 63.8 Å². The second-order valence-corrected chi connectivity index (χ2v) is 9.05. The summed E-state index contributed by atoms with van der Waals surface area (Å²) in [5, 5.41) is 18.2. The van der Waals surface area contributed by atoms with Gasteiger partial charge in [0.25, 0.3) is 0 Å². The van der Waals surface area contributed by atoms with Gasteiger partial charge in [0, 0.05) is 31.7 Å². The summed E-state index contributed by atoms with van der Waals surface area (Å²) < 4.78 is 0. The summed E-state index contributed by atoms with van der Waals surface area (Å²) in [5.41, 5.74) is 2.81. The number of guanidine groups is 1. The van der Waals surface area contributed by atoms with Gasteiger partial charge in [0.1, 0.15) is 5.60 Å². The molecule has 2 aromatic carbocycles. The molecule has 0 saturated carbocycles. The van der Waals surface area contributed by atoms with Crippen molar-refractivity contribution in [3.63, 3.8) is 0 Å². The lowest BCUT2D eigenvalue weighted by atomic mass is 9.96. The summed E-state index contributed by atoms with van der Waals surface area (Å²) in [6, 6.07) is 19.8. The van der Waals surface area contributed by atoms with Crippen molar-refractivity contribution in [3.05, 3.63) is 71.3 Å². The zero-order chi connectivity index (χ0) is 21.7. The summed E-state index contributed by atoms with van der Waals surface area (Å²) in [4.78, 5) is 7.37. The Bertz CT molecular complexity index is 884. The SMILES string of the molecule is CCNC(=NCC1(O)CCc2ccccc21)NC1CCN(Cc2ccccc2)C(C)C1. The summed E-state index contributed by atoms with van der Waals surface area (Å²) in [5.74, 6) is 0.814. The molecule has 2 aromatic rings. The van der Waals surface area contributed by atoms with E-state index < -0.39 is 5.60 Å². The van der Waals surface area contributed by atoms with E-state index in [0.29, 0.717) is 18.6 Å². The van der Waals surface area contributed by atoms with E-state index in [1.54, 1.807) is 0 Å². The van der Waals surface area contributed by atoms with Crippen LogP contribution in [0.4, 0.5) is 0 Å². The second kappa shape index (κ2) is 9.84. The lowest BCUT2D eigenvalue weighted by Gasteiger charge is -2.38. The van der Waals surface area contributed by atoms with Crippen LogP contribution in [0.1, 0.15) is 49.8 Å². The fraction of sp³-hybridized carbons (Fsp3) is 0.500. The number of hydrogen-bond donors (Lipinski definition) is 3. The minimum Gasteiger partial charge on any atom is -0.383 e. The highest BCUT2D eigenvalue weighted by atomic mass is 16.3. The maximum atomic E-state index is 11.2. The topological polar surface area (TPSA) is 59.9 Å². The standard InChI is InChI=1S/C26H36N4O/c1-3-27-25(28-19-26(31)15-13-22-11-7-8-12-24(22)26)29-23-14-16-30(20(2)17-23)18-21-9-5-4-6-10-21/h4-12,20,23,31H,3,13-19H2,1-2H3,(H2,27,28,29). The molecule has 0 aromatic heterocycles. The van der Waals surface area contributed by atoms with E-state index in [1.807, 2.05) is 18.2 Å². The molecule has 4 rings (SSSR count). The van der Waals surface area contributed by atoms with Crippen LogP contribution in [0.15, 0.2) is 59.6 Å². The molecule has 2 aliphatic rings. The lowest BCUT2D eigenvalue weighted by molar-refractivity contribution is 0.0484. The van der Waals surface area contributed by atoms with Crippen molar-refractivity contribution in [1.29, 1.82) is 0 Å². The lowest BCUT2D eigenvalue weighted by Crippen LogP contribution is -2.51. The smallest absolute Gasteiger partial charge is 0.191 e. The predicted molar refractivity (Wildman–Crippen MR) is 127 cm³/mol. The molecule has 1 saturated heterocycles. The normalized spacial score (nSPS) is 26.5. The van der Waals surface area contributed by atoms with Gasteiger partial charge in [-0.15, -0.1) is 0 Å². The molecule has 31 heavy (non-hydrogen) atoms. The van der Waals surface area contributed by atoms with Crippen LogP contribution in [0.3, 0.4) is 0 Å².